The Morgan fingerprint density at radius 2 is 1.74 bits per heavy atom. The van der Waals surface area contributed by atoms with Crippen LogP contribution in [-0.2, 0) is 4.79 Å². The van der Waals surface area contributed by atoms with Gasteiger partial charge in [0.1, 0.15) is 5.82 Å². The molecule has 0 saturated heterocycles. The third-order valence-electron chi connectivity index (χ3n) is 5.58. The van der Waals surface area contributed by atoms with Gasteiger partial charge < -0.3 is 10.6 Å². The number of carbonyl (C=O) groups excluding carboxylic acids is 2. The van der Waals surface area contributed by atoms with Crippen molar-refractivity contribution in [2.45, 2.75) is 39.0 Å². The van der Waals surface area contributed by atoms with Crippen molar-refractivity contribution in [1.29, 1.82) is 0 Å². The Bertz CT molecular complexity index is 1090. The normalized spacial score (nSPS) is 14.3. The number of amides is 2. The molecule has 0 atom stereocenters. The lowest BCUT2D eigenvalue weighted by atomic mass is 9.88. The Morgan fingerprint density at radius 1 is 1.00 bits per heavy atom. The highest BCUT2D eigenvalue weighted by Crippen LogP contribution is 2.27. The monoisotopic (exact) mass is 420 g/mol. The highest BCUT2D eigenvalue weighted by molar-refractivity contribution is 6.03. The number of anilines is 2. The first-order valence-corrected chi connectivity index (χ1v) is 10.5. The minimum atomic E-state index is -0.536. The van der Waals surface area contributed by atoms with Gasteiger partial charge in [0.05, 0.1) is 11.4 Å². The summed E-state index contributed by atoms with van der Waals surface area (Å²) in [5, 5.41) is 9.81. The number of rotatable bonds is 5. The molecule has 2 N–H and O–H groups in total. The second kappa shape index (κ2) is 9.12. The standard InChI is InChI=1S/C24H25FN4O2/c1-16-14-22(28-29(16)19-10-6-3-7-11-19)24(31)26-18-12-13-20(25)21(15-18)27-23(30)17-8-4-2-5-9-17/h3,6-7,10-15,17H,2,4-5,8-9H2,1H3,(H,26,31)(H,27,30). The van der Waals surface area contributed by atoms with E-state index < -0.39 is 11.7 Å². The van der Waals surface area contributed by atoms with Crippen LogP contribution in [-0.4, -0.2) is 21.6 Å². The molecule has 3 aromatic rings. The minimum Gasteiger partial charge on any atom is -0.323 e. The summed E-state index contributed by atoms with van der Waals surface area (Å²) in [5.74, 6) is -1.20. The lowest BCUT2D eigenvalue weighted by molar-refractivity contribution is -0.120. The molecule has 6 nitrogen and oxygen atoms in total. The van der Waals surface area contributed by atoms with E-state index in [2.05, 4.69) is 15.7 Å². The number of para-hydroxylation sites is 1. The molecule has 1 aliphatic carbocycles. The number of nitrogens with zero attached hydrogens (tertiary/aromatic N) is 2. The van der Waals surface area contributed by atoms with Crippen molar-refractivity contribution in [2.24, 2.45) is 5.92 Å². The molecule has 0 bridgehead atoms. The second-order valence-electron chi connectivity index (χ2n) is 7.89. The molecule has 7 heteroatoms. The van der Waals surface area contributed by atoms with Crippen molar-refractivity contribution in [2.75, 3.05) is 10.6 Å². The first kappa shape index (κ1) is 20.8. The number of hydrogen-bond acceptors (Lipinski definition) is 3. The zero-order valence-corrected chi connectivity index (χ0v) is 17.4. The van der Waals surface area contributed by atoms with Crippen LogP contribution >= 0.6 is 0 Å². The molecule has 1 aliphatic rings. The van der Waals surface area contributed by atoms with Gasteiger partial charge in [-0.25, -0.2) is 9.07 Å². The Kier molecular flexibility index (Phi) is 6.11. The third kappa shape index (κ3) is 4.82. The number of benzene rings is 2. The average Bonchev–Trinajstić information content (AvgIpc) is 3.19. The second-order valence-corrected chi connectivity index (χ2v) is 7.89. The van der Waals surface area contributed by atoms with Gasteiger partial charge in [-0.2, -0.15) is 5.10 Å². The van der Waals surface area contributed by atoms with Gasteiger partial charge in [-0.1, -0.05) is 37.5 Å². The Morgan fingerprint density at radius 3 is 2.48 bits per heavy atom. The summed E-state index contributed by atoms with van der Waals surface area (Å²) >= 11 is 0. The van der Waals surface area contributed by atoms with E-state index in [0.717, 1.165) is 43.5 Å². The lowest BCUT2D eigenvalue weighted by Crippen LogP contribution is -2.25. The molecule has 1 saturated carbocycles. The predicted molar refractivity (Wildman–Crippen MR) is 118 cm³/mol. The molecular formula is C24H25FN4O2. The van der Waals surface area contributed by atoms with Crippen molar-refractivity contribution >= 4 is 23.2 Å². The van der Waals surface area contributed by atoms with Crippen LogP contribution in [0, 0.1) is 18.7 Å². The summed E-state index contributed by atoms with van der Waals surface area (Å²) in [5.41, 5.74) is 2.37. The van der Waals surface area contributed by atoms with E-state index in [-0.39, 0.29) is 23.2 Å². The van der Waals surface area contributed by atoms with Gasteiger partial charge >= 0.3 is 0 Å². The van der Waals surface area contributed by atoms with Crippen LogP contribution in [0.15, 0.2) is 54.6 Å². The summed E-state index contributed by atoms with van der Waals surface area (Å²) in [6.07, 6.45) is 4.83. The van der Waals surface area contributed by atoms with Gasteiger partial charge in [-0.15, -0.1) is 0 Å². The van der Waals surface area contributed by atoms with E-state index in [1.54, 1.807) is 10.7 Å². The SMILES string of the molecule is Cc1cc(C(=O)Nc2ccc(F)c(NC(=O)C3CCCCC3)c2)nn1-c1ccccc1. The molecule has 0 radical (unpaired) electrons. The number of nitrogens with one attached hydrogen (secondary N) is 2. The minimum absolute atomic E-state index is 0.0689. The number of hydrogen-bond donors (Lipinski definition) is 2. The zero-order chi connectivity index (χ0) is 21.8. The zero-order valence-electron chi connectivity index (χ0n) is 17.4. The average molecular weight is 420 g/mol. The summed E-state index contributed by atoms with van der Waals surface area (Å²) in [6, 6.07) is 15.4. The maximum Gasteiger partial charge on any atom is 0.276 e. The molecular weight excluding hydrogens is 395 g/mol. The van der Waals surface area contributed by atoms with E-state index in [9.17, 15) is 14.0 Å². The molecule has 4 rings (SSSR count). The van der Waals surface area contributed by atoms with E-state index in [0.29, 0.717) is 5.69 Å². The van der Waals surface area contributed by atoms with Gasteiger partial charge in [-0.05, 0) is 56.2 Å². The van der Waals surface area contributed by atoms with E-state index in [4.69, 9.17) is 0 Å². The van der Waals surface area contributed by atoms with Gasteiger partial charge in [0.15, 0.2) is 5.69 Å². The third-order valence-corrected chi connectivity index (χ3v) is 5.58. The number of halogens is 1. The van der Waals surface area contributed by atoms with Crippen LogP contribution in [0.25, 0.3) is 5.69 Å². The van der Waals surface area contributed by atoms with Crippen LogP contribution < -0.4 is 10.6 Å². The molecule has 2 amide bonds. The highest BCUT2D eigenvalue weighted by atomic mass is 19.1. The highest BCUT2D eigenvalue weighted by Gasteiger charge is 2.22. The maximum atomic E-state index is 14.3. The molecule has 2 aromatic carbocycles. The molecule has 1 heterocycles. The number of aryl methyl sites for hydroxylation is 1. The van der Waals surface area contributed by atoms with Crippen LogP contribution in [0.1, 0.15) is 48.3 Å². The molecule has 0 spiro atoms. The van der Waals surface area contributed by atoms with Crippen LogP contribution in [0.2, 0.25) is 0 Å². The van der Waals surface area contributed by atoms with Gasteiger partial charge in [0.2, 0.25) is 5.91 Å². The summed E-state index contributed by atoms with van der Waals surface area (Å²) in [4.78, 5) is 25.2. The molecule has 31 heavy (non-hydrogen) atoms. The predicted octanol–water partition coefficient (Wildman–Crippen LogP) is 5.09. The fourth-order valence-corrected chi connectivity index (χ4v) is 3.91. The van der Waals surface area contributed by atoms with E-state index in [1.165, 1.54) is 18.2 Å². The molecule has 0 unspecified atom stereocenters. The van der Waals surface area contributed by atoms with Crippen molar-refractivity contribution in [3.8, 4) is 5.69 Å². The van der Waals surface area contributed by atoms with Crippen LogP contribution in [0.5, 0.6) is 0 Å². The Balaban J connectivity index is 1.47. The Labute approximate surface area is 180 Å². The molecule has 1 fully saturated rings. The maximum absolute atomic E-state index is 14.3. The Hall–Kier alpha value is -3.48. The van der Waals surface area contributed by atoms with Crippen molar-refractivity contribution in [3.05, 3.63) is 71.8 Å². The summed E-state index contributed by atoms with van der Waals surface area (Å²) in [7, 11) is 0. The first-order valence-electron chi connectivity index (χ1n) is 10.5. The number of aromatic nitrogens is 2. The van der Waals surface area contributed by atoms with Gasteiger partial charge in [0, 0.05) is 17.3 Å². The quantitative estimate of drug-likeness (QED) is 0.604. The summed E-state index contributed by atoms with van der Waals surface area (Å²) < 4.78 is 15.9. The van der Waals surface area contributed by atoms with E-state index in [1.807, 2.05) is 37.3 Å². The topological polar surface area (TPSA) is 76.0 Å². The van der Waals surface area contributed by atoms with Gasteiger partial charge in [-0.3, -0.25) is 9.59 Å². The summed E-state index contributed by atoms with van der Waals surface area (Å²) in [6.45, 7) is 1.87. The molecule has 160 valence electrons. The van der Waals surface area contributed by atoms with Crippen LogP contribution in [0.3, 0.4) is 0 Å². The fraction of sp³-hybridized carbons (Fsp3) is 0.292. The lowest BCUT2D eigenvalue weighted by Gasteiger charge is -2.21. The van der Waals surface area contributed by atoms with Crippen LogP contribution in [0.4, 0.5) is 15.8 Å². The van der Waals surface area contributed by atoms with Crippen molar-refractivity contribution in [3.63, 3.8) is 0 Å². The number of carbonyl (C=O) groups is 2. The molecule has 0 aliphatic heterocycles. The fourth-order valence-electron chi connectivity index (χ4n) is 3.91. The first-order chi connectivity index (χ1) is 15.0. The van der Waals surface area contributed by atoms with Gasteiger partial charge in [0.25, 0.3) is 5.91 Å². The van der Waals surface area contributed by atoms with Crippen molar-refractivity contribution < 1.29 is 14.0 Å². The molecule has 1 aromatic heterocycles. The van der Waals surface area contributed by atoms with Crippen molar-refractivity contribution in [1.82, 2.24) is 9.78 Å². The van der Waals surface area contributed by atoms with E-state index >= 15 is 0 Å². The largest absolute Gasteiger partial charge is 0.323 e. The smallest absolute Gasteiger partial charge is 0.276 e.